The molecular weight excluding hydrogens is 499 g/mol. The van der Waals surface area contributed by atoms with Crippen LogP contribution in [-0.4, -0.2) is 13.2 Å². The molecule has 0 fully saturated rings. The molecule has 228 valence electrons. The monoisotopic (exact) mass is 564 g/mol. The molecule has 0 aliphatic rings. The van der Waals surface area contributed by atoms with Gasteiger partial charge in [0.1, 0.15) is 5.75 Å². The average Bonchev–Trinajstić information content (AvgIpc) is 2.90. The van der Waals surface area contributed by atoms with Crippen molar-refractivity contribution in [3.63, 3.8) is 0 Å². The van der Waals surface area contributed by atoms with Gasteiger partial charge in [-0.3, -0.25) is 0 Å². The number of hydrogen-bond acceptors (Lipinski definition) is 3. The number of rotatable bonds is 26. The first-order valence-corrected chi connectivity index (χ1v) is 17.8. The molecule has 0 saturated heterocycles. The van der Waals surface area contributed by atoms with Crippen LogP contribution in [0.4, 0.5) is 0 Å². The highest BCUT2D eigenvalue weighted by atomic mass is 31.2. The van der Waals surface area contributed by atoms with Crippen molar-refractivity contribution in [2.45, 2.75) is 175 Å². The van der Waals surface area contributed by atoms with E-state index in [2.05, 4.69) is 59.7 Å². The Kier molecular flexibility index (Phi) is 22.4. The van der Waals surface area contributed by atoms with Gasteiger partial charge in [-0.1, -0.05) is 168 Å². The molecule has 0 aliphatic carbocycles. The third-order valence-corrected chi connectivity index (χ3v) is 8.64. The molecule has 4 heteroatoms. The molecular formula is C35H65O3P. The molecule has 39 heavy (non-hydrogen) atoms. The number of hydrogen-bond donors (Lipinski definition) is 0. The van der Waals surface area contributed by atoms with Crippen molar-refractivity contribution in [2.75, 3.05) is 13.2 Å². The Balaban J connectivity index is 2.40. The molecule has 0 amide bonds. The van der Waals surface area contributed by atoms with Crippen molar-refractivity contribution in [1.29, 1.82) is 0 Å². The van der Waals surface area contributed by atoms with Gasteiger partial charge < -0.3 is 13.6 Å². The molecule has 0 aliphatic heterocycles. The van der Waals surface area contributed by atoms with Crippen LogP contribution >= 0.6 is 8.60 Å². The minimum Gasteiger partial charge on any atom is -0.426 e. The van der Waals surface area contributed by atoms with E-state index in [0.717, 1.165) is 31.8 Å². The molecule has 1 rings (SSSR count). The highest BCUT2D eigenvalue weighted by Gasteiger charge is 2.23. The molecule has 0 aromatic heterocycles. The summed E-state index contributed by atoms with van der Waals surface area (Å²) in [5, 5.41) is 0. The summed E-state index contributed by atoms with van der Waals surface area (Å²) in [5.74, 6) is 0.908. The first-order chi connectivity index (χ1) is 18.9. The van der Waals surface area contributed by atoms with Crippen molar-refractivity contribution >= 4 is 8.60 Å². The third-order valence-electron chi connectivity index (χ3n) is 7.51. The highest BCUT2D eigenvalue weighted by Crippen LogP contribution is 2.44. The van der Waals surface area contributed by atoms with Gasteiger partial charge >= 0.3 is 8.60 Å². The van der Waals surface area contributed by atoms with Crippen LogP contribution < -0.4 is 4.52 Å². The minimum absolute atomic E-state index is 0.00936. The number of aryl methyl sites for hydroxylation is 1. The van der Waals surface area contributed by atoms with Crippen LogP contribution in [0, 0.1) is 6.92 Å². The predicted molar refractivity (Wildman–Crippen MR) is 173 cm³/mol. The van der Waals surface area contributed by atoms with Crippen LogP contribution in [-0.2, 0) is 14.5 Å². The average molecular weight is 565 g/mol. The number of unbranched alkanes of at least 4 members (excludes halogenated alkanes) is 18. The Labute approximate surface area is 245 Å². The van der Waals surface area contributed by atoms with E-state index in [1.54, 1.807) is 0 Å². The van der Waals surface area contributed by atoms with Crippen molar-refractivity contribution in [3.8, 4) is 5.75 Å². The molecule has 0 atom stereocenters. The maximum absolute atomic E-state index is 6.43. The zero-order chi connectivity index (χ0) is 28.6. The van der Waals surface area contributed by atoms with Gasteiger partial charge in [-0.05, 0) is 31.2 Å². The van der Waals surface area contributed by atoms with E-state index in [1.165, 1.54) is 127 Å². The van der Waals surface area contributed by atoms with Crippen LogP contribution in [0.5, 0.6) is 5.75 Å². The lowest BCUT2D eigenvalue weighted by Gasteiger charge is -2.25. The van der Waals surface area contributed by atoms with E-state index in [-0.39, 0.29) is 5.41 Å². The molecule has 0 saturated carbocycles. The zero-order valence-electron chi connectivity index (χ0n) is 27.0. The summed E-state index contributed by atoms with van der Waals surface area (Å²) in [4.78, 5) is 0. The van der Waals surface area contributed by atoms with Gasteiger partial charge in [0.05, 0.1) is 13.2 Å². The predicted octanol–water partition coefficient (Wildman–Crippen LogP) is 12.8. The molecule has 3 nitrogen and oxygen atoms in total. The van der Waals surface area contributed by atoms with Crippen LogP contribution in [0.15, 0.2) is 18.2 Å². The second-order valence-corrected chi connectivity index (χ2v) is 13.7. The zero-order valence-corrected chi connectivity index (χ0v) is 27.9. The van der Waals surface area contributed by atoms with Crippen molar-refractivity contribution in [1.82, 2.24) is 0 Å². The lowest BCUT2D eigenvalue weighted by atomic mass is 9.85. The minimum atomic E-state index is -1.38. The van der Waals surface area contributed by atoms with E-state index < -0.39 is 8.60 Å². The first-order valence-electron chi connectivity index (χ1n) is 16.7. The summed E-state index contributed by atoms with van der Waals surface area (Å²) in [6.07, 6.45) is 26.6. The maximum atomic E-state index is 6.43. The van der Waals surface area contributed by atoms with Crippen LogP contribution in [0.25, 0.3) is 0 Å². The summed E-state index contributed by atoms with van der Waals surface area (Å²) in [6, 6.07) is 6.47. The van der Waals surface area contributed by atoms with Crippen molar-refractivity contribution in [3.05, 3.63) is 29.3 Å². The van der Waals surface area contributed by atoms with Crippen LogP contribution in [0.1, 0.15) is 174 Å². The second-order valence-electron chi connectivity index (χ2n) is 12.6. The number of benzene rings is 1. The van der Waals surface area contributed by atoms with Crippen LogP contribution in [0.2, 0.25) is 0 Å². The third kappa shape index (κ3) is 20.0. The second kappa shape index (κ2) is 24.0. The molecule has 1 aromatic rings. The van der Waals surface area contributed by atoms with E-state index >= 15 is 0 Å². The van der Waals surface area contributed by atoms with Gasteiger partial charge in [0.25, 0.3) is 0 Å². The Morgan fingerprint density at radius 3 is 1.33 bits per heavy atom. The van der Waals surface area contributed by atoms with Gasteiger partial charge in [-0.25, -0.2) is 0 Å². The fourth-order valence-electron chi connectivity index (χ4n) is 4.94. The lowest BCUT2D eigenvalue weighted by Crippen LogP contribution is -2.13. The maximum Gasteiger partial charge on any atom is 0.397 e. The molecule has 0 spiro atoms. The summed E-state index contributed by atoms with van der Waals surface area (Å²) in [5.41, 5.74) is 2.49. The SMILES string of the molecule is CCCCCCCCCCCCOP(OCCCCCCCCCCCC)Oc1ccc(C)cc1C(C)(C)C. The Morgan fingerprint density at radius 1 is 0.564 bits per heavy atom. The van der Waals surface area contributed by atoms with E-state index in [4.69, 9.17) is 13.6 Å². The summed E-state index contributed by atoms with van der Waals surface area (Å²) in [7, 11) is -1.38. The molecule has 0 unspecified atom stereocenters. The van der Waals surface area contributed by atoms with Crippen molar-refractivity contribution < 1.29 is 13.6 Å². The fraction of sp³-hybridized carbons (Fsp3) is 0.829. The van der Waals surface area contributed by atoms with E-state index in [0.29, 0.717) is 0 Å². The molecule has 0 radical (unpaired) electrons. The topological polar surface area (TPSA) is 27.7 Å². The van der Waals surface area contributed by atoms with Gasteiger partial charge in [-0.15, -0.1) is 0 Å². The summed E-state index contributed by atoms with van der Waals surface area (Å²) in [6.45, 7) is 14.9. The van der Waals surface area contributed by atoms with Crippen molar-refractivity contribution in [2.24, 2.45) is 0 Å². The van der Waals surface area contributed by atoms with E-state index in [1.807, 2.05) is 0 Å². The quantitative estimate of drug-likeness (QED) is 0.0827. The Morgan fingerprint density at radius 2 is 0.949 bits per heavy atom. The van der Waals surface area contributed by atoms with Gasteiger partial charge in [0.15, 0.2) is 0 Å². The molecule has 1 aromatic carbocycles. The van der Waals surface area contributed by atoms with Crippen LogP contribution in [0.3, 0.4) is 0 Å². The molecule has 0 bridgehead atoms. The standard InChI is InChI=1S/C35H65O3P/c1-7-9-11-13-15-17-19-21-23-25-29-36-39(37-30-26-24-22-20-18-16-14-12-10-8-2)38-34-28-27-32(3)31-33(34)35(4,5)6/h27-28,31H,7-26,29-30H2,1-6H3. The fourth-order valence-corrected chi connectivity index (χ4v) is 5.99. The normalized spacial score (nSPS) is 12.0. The van der Waals surface area contributed by atoms with Gasteiger partial charge in [-0.2, -0.15) is 0 Å². The molecule has 0 N–H and O–H groups in total. The van der Waals surface area contributed by atoms with Gasteiger partial charge in [0, 0.05) is 5.56 Å². The summed E-state index contributed by atoms with van der Waals surface area (Å²) < 4.78 is 18.9. The highest BCUT2D eigenvalue weighted by molar-refractivity contribution is 7.42. The smallest absolute Gasteiger partial charge is 0.397 e. The first kappa shape index (κ1) is 36.4. The lowest BCUT2D eigenvalue weighted by molar-refractivity contribution is 0.197. The Bertz CT molecular complexity index is 659. The van der Waals surface area contributed by atoms with E-state index in [9.17, 15) is 0 Å². The summed E-state index contributed by atoms with van der Waals surface area (Å²) >= 11 is 0. The van der Waals surface area contributed by atoms with Gasteiger partial charge in [0.2, 0.25) is 0 Å². The molecule has 0 heterocycles. The Hall–Kier alpha value is -0.630. The largest absolute Gasteiger partial charge is 0.426 e.